The molecule has 7 heteroatoms. The van der Waals surface area contributed by atoms with Crippen LogP contribution in [0.2, 0.25) is 0 Å². The lowest BCUT2D eigenvalue weighted by atomic mass is 10.1. The van der Waals surface area contributed by atoms with Gasteiger partial charge in [-0.2, -0.15) is 0 Å². The number of likely N-dealkylation sites (N-methyl/N-ethyl adjacent to an activating group) is 1. The zero-order valence-electron chi connectivity index (χ0n) is 17.7. The van der Waals surface area contributed by atoms with Crippen molar-refractivity contribution in [2.24, 2.45) is 4.99 Å². The van der Waals surface area contributed by atoms with Gasteiger partial charge < -0.3 is 19.8 Å². The molecule has 0 radical (unpaired) electrons. The third kappa shape index (κ3) is 7.35. The molecule has 0 aliphatic rings. The molecule has 156 valence electrons. The fourth-order valence-electron chi connectivity index (χ4n) is 2.78. The number of hydrogen-bond acceptors (Lipinski definition) is 4. The summed E-state index contributed by atoms with van der Waals surface area (Å²) in [5.74, 6) is 2.58. The zero-order chi connectivity index (χ0) is 19.8. The predicted molar refractivity (Wildman–Crippen MR) is 126 cm³/mol. The van der Waals surface area contributed by atoms with Gasteiger partial charge in [-0.15, -0.1) is 24.0 Å². The first kappa shape index (κ1) is 24.3. The van der Waals surface area contributed by atoms with Crippen LogP contribution >= 0.6 is 24.0 Å². The Balaban J connectivity index is 0.00000392. The quantitative estimate of drug-likeness (QED) is 0.327. The molecular weight excluding hydrogens is 467 g/mol. The number of hydrogen-bond donors (Lipinski definition) is 2. The van der Waals surface area contributed by atoms with Crippen molar-refractivity contribution in [3.05, 3.63) is 53.5 Å². The van der Waals surface area contributed by atoms with Gasteiger partial charge in [0.05, 0.1) is 18.4 Å². The van der Waals surface area contributed by atoms with Crippen molar-refractivity contribution >= 4 is 29.9 Å². The van der Waals surface area contributed by atoms with E-state index in [2.05, 4.69) is 45.6 Å². The molecule has 0 saturated heterocycles. The molecule has 0 fully saturated rings. The van der Waals surface area contributed by atoms with Crippen LogP contribution in [0.5, 0.6) is 5.75 Å². The Labute approximate surface area is 185 Å². The summed E-state index contributed by atoms with van der Waals surface area (Å²) in [5.41, 5.74) is 2.29. The molecule has 2 N–H and O–H groups in total. The fourth-order valence-corrected chi connectivity index (χ4v) is 2.78. The SMILES string of the molecule is CN=C(NCc1ccc(C)cc1OC(C)C)NCC(c1ccco1)N(C)C.I. The molecule has 1 aromatic carbocycles. The van der Waals surface area contributed by atoms with Crippen molar-refractivity contribution < 1.29 is 9.15 Å². The third-order valence-electron chi connectivity index (χ3n) is 4.21. The van der Waals surface area contributed by atoms with Crippen LogP contribution in [0.25, 0.3) is 0 Å². The van der Waals surface area contributed by atoms with Crippen LogP contribution < -0.4 is 15.4 Å². The Morgan fingerprint density at radius 2 is 1.96 bits per heavy atom. The minimum absolute atomic E-state index is 0. The molecule has 1 aromatic heterocycles. The second-order valence-electron chi connectivity index (χ2n) is 7.08. The molecule has 1 unspecified atom stereocenters. The van der Waals surface area contributed by atoms with Crippen molar-refractivity contribution in [3.63, 3.8) is 0 Å². The Morgan fingerprint density at radius 3 is 2.54 bits per heavy atom. The second-order valence-corrected chi connectivity index (χ2v) is 7.08. The van der Waals surface area contributed by atoms with Gasteiger partial charge in [0.1, 0.15) is 11.5 Å². The molecular formula is C21H33IN4O2. The molecule has 2 rings (SSSR count). The van der Waals surface area contributed by atoms with E-state index in [0.29, 0.717) is 13.1 Å². The highest BCUT2D eigenvalue weighted by Crippen LogP contribution is 2.21. The number of rotatable bonds is 8. The number of benzene rings is 1. The second kappa shape index (κ2) is 12.0. The maximum absolute atomic E-state index is 5.95. The molecule has 1 heterocycles. The summed E-state index contributed by atoms with van der Waals surface area (Å²) in [6.45, 7) is 7.46. The first-order chi connectivity index (χ1) is 12.9. The Morgan fingerprint density at radius 1 is 1.21 bits per heavy atom. The molecule has 0 aliphatic heterocycles. The number of nitrogens with one attached hydrogen (secondary N) is 2. The lowest BCUT2D eigenvalue weighted by Gasteiger charge is -2.24. The third-order valence-corrected chi connectivity index (χ3v) is 4.21. The number of furan rings is 1. The Hall–Kier alpha value is -1.74. The van der Waals surface area contributed by atoms with E-state index in [9.17, 15) is 0 Å². The maximum Gasteiger partial charge on any atom is 0.191 e. The molecule has 2 aromatic rings. The largest absolute Gasteiger partial charge is 0.491 e. The zero-order valence-corrected chi connectivity index (χ0v) is 20.0. The number of guanidine groups is 1. The van der Waals surface area contributed by atoms with Gasteiger partial charge in [-0.25, -0.2) is 0 Å². The molecule has 0 spiro atoms. The number of aliphatic imine (C=N–C) groups is 1. The van der Waals surface area contributed by atoms with E-state index in [1.165, 1.54) is 5.56 Å². The van der Waals surface area contributed by atoms with Gasteiger partial charge in [-0.05, 0) is 58.6 Å². The van der Waals surface area contributed by atoms with Crippen LogP contribution in [0.4, 0.5) is 0 Å². The van der Waals surface area contributed by atoms with Crippen LogP contribution in [0, 0.1) is 6.92 Å². The first-order valence-corrected chi connectivity index (χ1v) is 9.31. The molecule has 0 bridgehead atoms. The maximum atomic E-state index is 5.95. The summed E-state index contributed by atoms with van der Waals surface area (Å²) in [5, 5.41) is 6.75. The van der Waals surface area contributed by atoms with Gasteiger partial charge in [0.25, 0.3) is 0 Å². The number of nitrogens with zero attached hydrogens (tertiary/aromatic N) is 2. The summed E-state index contributed by atoms with van der Waals surface area (Å²) in [6.07, 6.45) is 1.84. The summed E-state index contributed by atoms with van der Waals surface area (Å²) in [6, 6.07) is 10.3. The lowest BCUT2D eigenvalue weighted by Crippen LogP contribution is -2.41. The highest BCUT2D eigenvalue weighted by atomic mass is 127. The smallest absolute Gasteiger partial charge is 0.191 e. The molecule has 6 nitrogen and oxygen atoms in total. The summed E-state index contributed by atoms with van der Waals surface area (Å²) in [7, 11) is 5.84. The standard InChI is InChI=1S/C21H32N4O2.HI/c1-15(2)27-20-12-16(3)9-10-17(20)13-23-21(22-4)24-14-18(25(5)6)19-8-7-11-26-19;/h7-12,15,18H,13-14H2,1-6H3,(H2,22,23,24);1H. The van der Waals surface area contributed by atoms with Crippen LogP contribution in [0.1, 0.15) is 36.8 Å². The van der Waals surface area contributed by atoms with E-state index < -0.39 is 0 Å². The van der Waals surface area contributed by atoms with Crippen molar-refractivity contribution in [2.45, 2.75) is 39.5 Å². The van der Waals surface area contributed by atoms with Gasteiger partial charge in [0.2, 0.25) is 0 Å². The normalized spacial score (nSPS) is 12.6. The number of ether oxygens (including phenoxy) is 1. The Bertz CT molecular complexity index is 730. The predicted octanol–water partition coefficient (Wildman–Crippen LogP) is 3.96. The van der Waals surface area contributed by atoms with E-state index in [1.54, 1.807) is 13.3 Å². The van der Waals surface area contributed by atoms with E-state index >= 15 is 0 Å². The van der Waals surface area contributed by atoms with E-state index in [-0.39, 0.29) is 36.1 Å². The van der Waals surface area contributed by atoms with Gasteiger partial charge >= 0.3 is 0 Å². The highest BCUT2D eigenvalue weighted by molar-refractivity contribution is 14.0. The molecule has 0 aliphatic carbocycles. The van der Waals surface area contributed by atoms with E-state index in [4.69, 9.17) is 9.15 Å². The minimum atomic E-state index is 0. The van der Waals surface area contributed by atoms with Crippen LogP contribution in [0.3, 0.4) is 0 Å². The summed E-state index contributed by atoms with van der Waals surface area (Å²) in [4.78, 5) is 6.45. The highest BCUT2D eigenvalue weighted by Gasteiger charge is 2.17. The van der Waals surface area contributed by atoms with Crippen molar-refractivity contribution in [2.75, 3.05) is 27.7 Å². The molecule has 1 atom stereocenters. The minimum Gasteiger partial charge on any atom is -0.491 e. The van der Waals surface area contributed by atoms with Crippen molar-refractivity contribution in [1.29, 1.82) is 0 Å². The molecule has 28 heavy (non-hydrogen) atoms. The Kier molecular flexibility index (Phi) is 10.4. The lowest BCUT2D eigenvalue weighted by molar-refractivity contribution is 0.239. The molecule has 0 amide bonds. The van der Waals surface area contributed by atoms with E-state index in [1.807, 2.05) is 40.1 Å². The first-order valence-electron chi connectivity index (χ1n) is 9.31. The summed E-state index contributed by atoms with van der Waals surface area (Å²) < 4.78 is 11.5. The topological polar surface area (TPSA) is 62.0 Å². The van der Waals surface area contributed by atoms with Gasteiger partial charge in [-0.1, -0.05) is 12.1 Å². The van der Waals surface area contributed by atoms with Crippen LogP contribution in [0.15, 0.2) is 46.0 Å². The number of halogens is 1. The van der Waals surface area contributed by atoms with Crippen LogP contribution in [-0.4, -0.2) is 44.7 Å². The van der Waals surface area contributed by atoms with Crippen molar-refractivity contribution in [1.82, 2.24) is 15.5 Å². The fraction of sp³-hybridized carbons (Fsp3) is 0.476. The summed E-state index contributed by atoms with van der Waals surface area (Å²) >= 11 is 0. The van der Waals surface area contributed by atoms with Crippen LogP contribution in [-0.2, 0) is 6.54 Å². The average molecular weight is 500 g/mol. The van der Waals surface area contributed by atoms with Gasteiger partial charge in [-0.3, -0.25) is 9.89 Å². The van der Waals surface area contributed by atoms with Gasteiger partial charge in [0.15, 0.2) is 5.96 Å². The molecule has 0 saturated carbocycles. The van der Waals surface area contributed by atoms with Crippen molar-refractivity contribution in [3.8, 4) is 5.75 Å². The average Bonchev–Trinajstić information content (AvgIpc) is 3.12. The monoisotopic (exact) mass is 500 g/mol. The van der Waals surface area contributed by atoms with E-state index in [0.717, 1.165) is 23.0 Å². The van der Waals surface area contributed by atoms with Gasteiger partial charge in [0, 0.05) is 25.7 Å². The number of aryl methyl sites for hydroxylation is 1.